The Labute approximate surface area is 456 Å². The zero-order chi connectivity index (χ0) is 53.6. The van der Waals surface area contributed by atoms with E-state index in [9.17, 15) is 14.4 Å². The Hall–Kier alpha value is -4.19. The second-order valence-electron chi connectivity index (χ2n) is 19.8. The summed E-state index contributed by atoms with van der Waals surface area (Å²) in [5.41, 5.74) is 0. The van der Waals surface area contributed by atoms with E-state index in [4.69, 9.17) is 14.2 Å². The lowest BCUT2D eigenvalue weighted by Crippen LogP contribution is -2.30. The summed E-state index contributed by atoms with van der Waals surface area (Å²) in [7, 11) is 0. The van der Waals surface area contributed by atoms with Crippen LogP contribution in [0.2, 0.25) is 0 Å². The number of hydrogen-bond acceptors (Lipinski definition) is 6. The summed E-state index contributed by atoms with van der Waals surface area (Å²) < 4.78 is 16.9. The van der Waals surface area contributed by atoms with E-state index in [0.717, 1.165) is 148 Å². The van der Waals surface area contributed by atoms with Crippen molar-refractivity contribution >= 4 is 17.9 Å². The average Bonchev–Trinajstić information content (AvgIpc) is 3.40. The summed E-state index contributed by atoms with van der Waals surface area (Å²) in [6.07, 6.45) is 84.7. The van der Waals surface area contributed by atoms with Gasteiger partial charge in [-0.15, -0.1) is 0 Å². The van der Waals surface area contributed by atoms with Crippen molar-refractivity contribution in [1.29, 1.82) is 0 Å². The van der Waals surface area contributed by atoms with Crippen molar-refractivity contribution in [3.63, 3.8) is 0 Å². The molecule has 0 aliphatic rings. The highest BCUT2D eigenvalue weighted by Crippen LogP contribution is 2.15. The van der Waals surface area contributed by atoms with E-state index >= 15 is 0 Å². The summed E-state index contributed by atoms with van der Waals surface area (Å²) >= 11 is 0. The van der Waals surface area contributed by atoms with Gasteiger partial charge in [-0.25, -0.2) is 0 Å². The van der Waals surface area contributed by atoms with E-state index in [0.29, 0.717) is 19.3 Å². The molecule has 0 spiro atoms. The molecule has 0 amide bonds. The second-order valence-corrected chi connectivity index (χ2v) is 19.8. The third-order valence-corrected chi connectivity index (χ3v) is 12.7. The van der Waals surface area contributed by atoms with Gasteiger partial charge in [-0.2, -0.15) is 0 Å². The van der Waals surface area contributed by atoms with Crippen LogP contribution >= 0.6 is 0 Å². The maximum Gasteiger partial charge on any atom is 0.306 e. The number of unbranched alkanes of at least 4 members (excludes halogenated alkanes) is 23. The van der Waals surface area contributed by atoms with Crippen molar-refractivity contribution in [2.75, 3.05) is 13.2 Å². The molecular weight excluding hydrogens is 913 g/mol. The Morgan fingerprint density at radius 2 is 0.527 bits per heavy atom. The quantitative estimate of drug-likeness (QED) is 0.0261. The zero-order valence-corrected chi connectivity index (χ0v) is 48.1. The number of rotatable bonds is 54. The van der Waals surface area contributed by atoms with Gasteiger partial charge in [0.2, 0.25) is 0 Å². The average molecular weight is 1030 g/mol. The smallest absolute Gasteiger partial charge is 0.306 e. The molecule has 420 valence electrons. The molecule has 1 unspecified atom stereocenters. The van der Waals surface area contributed by atoms with Gasteiger partial charge in [0.1, 0.15) is 13.2 Å². The minimum atomic E-state index is -0.799. The molecule has 0 saturated carbocycles. The number of ether oxygens (including phenoxy) is 3. The molecule has 74 heavy (non-hydrogen) atoms. The molecule has 0 bridgehead atoms. The minimum absolute atomic E-state index is 0.0952. The van der Waals surface area contributed by atoms with E-state index in [2.05, 4.69) is 142 Å². The van der Waals surface area contributed by atoms with Crippen LogP contribution in [0, 0.1) is 0 Å². The first-order valence-corrected chi connectivity index (χ1v) is 30.5. The number of carbonyl (C=O) groups is 3. The maximum absolute atomic E-state index is 12.9. The third kappa shape index (κ3) is 58.7. The zero-order valence-electron chi connectivity index (χ0n) is 48.1. The van der Waals surface area contributed by atoms with Crippen LogP contribution in [0.4, 0.5) is 0 Å². The molecule has 0 N–H and O–H groups in total. The Bertz CT molecular complexity index is 1550. The minimum Gasteiger partial charge on any atom is -0.462 e. The van der Waals surface area contributed by atoms with Crippen molar-refractivity contribution < 1.29 is 28.6 Å². The van der Waals surface area contributed by atoms with E-state index in [1.165, 1.54) is 83.5 Å². The number of allylic oxidation sites excluding steroid dienone is 20. The standard InChI is InChI=1S/C68H112O6/c1-4-7-10-13-16-19-22-25-28-31-32-33-34-35-36-38-40-43-46-49-52-55-58-61-67(70)73-64-65(63-72-66(69)60-57-54-51-48-45-42-39-30-27-24-21-18-15-12-9-6-3)74-68(71)62-59-56-53-50-47-44-41-37-29-26-23-20-17-14-11-8-5-2/h7-8,10-11,16-17,19-21,24-26,28-30,32-33,35-36,39,65H,4-6,9,12-15,18,22-23,27,31,34,37-38,40-64H2,1-3H3/b10-7-,11-8-,19-16-,20-17-,24-21-,28-25-,29-26-,33-32-,36-35-,39-30-. The first-order chi connectivity index (χ1) is 36.5. The van der Waals surface area contributed by atoms with Gasteiger partial charge in [0, 0.05) is 19.3 Å². The fourth-order valence-corrected chi connectivity index (χ4v) is 8.16. The van der Waals surface area contributed by atoms with Crippen molar-refractivity contribution in [1.82, 2.24) is 0 Å². The molecular formula is C68H112O6. The predicted octanol–water partition coefficient (Wildman–Crippen LogP) is 20.8. The summed E-state index contributed by atoms with van der Waals surface area (Å²) in [4.78, 5) is 38.3. The summed E-state index contributed by atoms with van der Waals surface area (Å²) in [6, 6.07) is 0. The molecule has 0 rings (SSSR count). The highest BCUT2D eigenvalue weighted by Gasteiger charge is 2.19. The van der Waals surface area contributed by atoms with Crippen LogP contribution in [0.1, 0.15) is 271 Å². The van der Waals surface area contributed by atoms with Crippen LogP contribution in [0.15, 0.2) is 122 Å². The van der Waals surface area contributed by atoms with Crippen molar-refractivity contribution in [3.8, 4) is 0 Å². The van der Waals surface area contributed by atoms with Crippen LogP contribution in [0.25, 0.3) is 0 Å². The summed E-state index contributed by atoms with van der Waals surface area (Å²) in [5.74, 6) is -0.927. The number of hydrogen-bond donors (Lipinski definition) is 0. The van der Waals surface area contributed by atoms with Gasteiger partial charge < -0.3 is 14.2 Å². The lowest BCUT2D eigenvalue weighted by molar-refractivity contribution is -0.167. The molecule has 0 aromatic heterocycles. The van der Waals surface area contributed by atoms with E-state index in [1.54, 1.807) is 0 Å². The fraction of sp³-hybridized carbons (Fsp3) is 0.662. The second kappa shape index (κ2) is 61.4. The van der Waals surface area contributed by atoms with Crippen LogP contribution in [-0.2, 0) is 28.6 Å². The highest BCUT2D eigenvalue weighted by atomic mass is 16.6. The van der Waals surface area contributed by atoms with Crippen molar-refractivity contribution in [2.24, 2.45) is 0 Å². The van der Waals surface area contributed by atoms with E-state index in [1.807, 2.05) is 0 Å². The van der Waals surface area contributed by atoms with Gasteiger partial charge in [-0.1, -0.05) is 245 Å². The van der Waals surface area contributed by atoms with Gasteiger partial charge in [0.05, 0.1) is 0 Å². The Kier molecular flexibility index (Phi) is 57.9. The lowest BCUT2D eigenvalue weighted by atomic mass is 10.1. The van der Waals surface area contributed by atoms with Crippen molar-refractivity contribution in [3.05, 3.63) is 122 Å². The van der Waals surface area contributed by atoms with Gasteiger partial charge in [0.25, 0.3) is 0 Å². The normalized spacial score (nSPS) is 13.0. The molecule has 0 aliphatic carbocycles. The van der Waals surface area contributed by atoms with Gasteiger partial charge >= 0.3 is 17.9 Å². The van der Waals surface area contributed by atoms with Gasteiger partial charge in [-0.3, -0.25) is 14.4 Å². The van der Waals surface area contributed by atoms with Crippen LogP contribution in [-0.4, -0.2) is 37.2 Å². The largest absolute Gasteiger partial charge is 0.462 e. The Morgan fingerprint density at radius 1 is 0.284 bits per heavy atom. The summed E-state index contributed by atoms with van der Waals surface area (Å²) in [6.45, 7) is 6.38. The molecule has 6 nitrogen and oxygen atoms in total. The Balaban J connectivity index is 4.44. The maximum atomic E-state index is 12.9. The van der Waals surface area contributed by atoms with E-state index < -0.39 is 6.10 Å². The molecule has 6 heteroatoms. The number of esters is 3. The highest BCUT2D eigenvalue weighted by molar-refractivity contribution is 5.71. The first kappa shape index (κ1) is 69.8. The van der Waals surface area contributed by atoms with Gasteiger partial charge in [-0.05, 0) is 128 Å². The molecule has 0 aromatic carbocycles. The predicted molar refractivity (Wildman–Crippen MR) is 320 cm³/mol. The van der Waals surface area contributed by atoms with Crippen molar-refractivity contribution in [2.45, 2.75) is 277 Å². The van der Waals surface area contributed by atoms with Crippen LogP contribution in [0.3, 0.4) is 0 Å². The lowest BCUT2D eigenvalue weighted by Gasteiger charge is -2.18. The molecule has 0 radical (unpaired) electrons. The monoisotopic (exact) mass is 1020 g/mol. The molecule has 0 heterocycles. The Morgan fingerprint density at radius 3 is 0.824 bits per heavy atom. The molecule has 0 fully saturated rings. The molecule has 0 aliphatic heterocycles. The van der Waals surface area contributed by atoms with E-state index in [-0.39, 0.29) is 31.1 Å². The molecule has 0 aromatic rings. The third-order valence-electron chi connectivity index (χ3n) is 12.7. The molecule has 1 atom stereocenters. The number of carbonyl (C=O) groups excluding carboxylic acids is 3. The topological polar surface area (TPSA) is 78.9 Å². The fourth-order valence-electron chi connectivity index (χ4n) is 8.16. The van der Waals surface area contributed by atoms with Crippen LogP contribution in [0.5, 0.6) is 0 Å². The first-order valence-electron chi connectivity index (χ1n) is 30.5. The SMILES string of the molecule is CC/C=C\C/C=C\C/C=C\C/C=C\C/C=C\CCCCCCCCCC(=O)OCC(COC(=O)CCCCCCC/C=C\C/C=C\CCCCCC)OC(=O)CCCCCCCCC/C=C\C/C=C\C/C=C\CC. The van der Waals surface area contributed by atoms with Gasteiger partial charge in [0.15, 0.2) is 6.10 Å². The molecule has 0 saturated heterocycles. The summed E-state index contributed by atoms with van der Waals surface area (Å²) in [5, 5.41) is 0. The van der Waals surface area contributed by atoms with Crippen LogP contribution < -0.4 is 0 Å².